The van der Waals surface area contributed by atoms with Crippen LogP contribution in [0.1, 0.15) is 24.2 Å². The van der Waals surface area contributed by atoms with E-state index in [1.54, 1.807) is 6.20 Å². The molecule has 1 atom stereocenters. The van der Waals surface area contributed by atoms with Gasteiger partial charge in [0.15, 0.2) is 0 Å². The van der Waals surface area contributed by atoms with E-state index >= 15 is 0 Å². The smallest absolute Gasteiger partial charge is 0.0769 e. The molecule has 0 fully saturated rings. The summed E-state index contributed by atoms with van der Waals surface area (Å²) in [5, 5.41) is 11.3. The zero-order valence-electron chi connectivity index (χ0n) is 9.90. The molecule has 18 heavy (non-hydrogen) atoms. The van der Waals surface area contributed by atoms with Crippen molar-refractivity contribution in [1.29, 1.82) is 0 Å². The Bertz CT molecular complexity index is 517. The van der Waals surface area contributed by atoms with Gasteiger partial charge in [0, 0.05) is 27.7 Å². The zero-order chi connectivity index (χ0) is 13.0. The van der Waals surface area contributed by atoms with Gasteiger partial charge in [0.2, 0.25) is 0 Å². The van der Waals surface area contributed by atoms with Crippen molar-refractivity contribution >= 4 is 31.9 Å². The molecule has 1 unspecified atom stereocenters. The van der Waals surface area contributed by atoms with Crippen molar-refractivity contribution < 1.29 is 0 Å². The van der Waals surface area contributed by atoms with Crippen molar-refractivity contribution in [3.8, 4) is 0 Å². The maximum atomic E-state index is 4.05. The fourth-order valence-corrected chi connectivity index (χ4v) is 3.04. The first-order valence-electron chi connectivity index (χ1n) is 5.61. The molecule has 94 valence electrons. The lowest BCUT2D eigenvalue weighted by atomic mass is 10.1. The van der Waals surface area contributed by atoms with Gasteiger partial charge in [0.05, 0.1) is 5.69 Å². The summed E-state index contributed by atoms with van der Waals surface area (Å²) < 4.78 is 2.16. The van der Waals surface area contributed by atoms with E-state index < -0.39 is 0 Å². The third-order valence-electron chi connectivity index (χ3n) is 2.65. The van der Waals surface area contributed by atoms with Crippen LogP contribution in [0.25, 0.3) is 0 Å². The Balaban J connectivity index is 2.01. The van der Waals surface area contributed by atoms with Crippen LogP contribution in [0.5, 0.6) is 0 Å². The lowest BCUT2D eigenvalue weighted by molar-refractivity contribution is 0.562. The molecule has 0 aliphatic carbocycles. The molecule has 2 aromatic rings. The third kappa shape index (κ3) is 3.60. The molecule has 1 heterocycles. The fourth-order valence-electron chi connectivity index (χ4n) is 1.65. The highest BCUT2D eigenvalue weighted by molar-refractivity contribution is 9.11. The molecule has 0 spiro atoms. The molecule has 0 saturated heterocycles. The summed E-state index contributed by atoms with van der Waals surface area (Å²) in [5.41, 5.74) is 2.17. The average Bonchev–Trinajstić information content (AvgIpc) is 2.37. The second-order valence-corrected chi connectivity index (χ2v) is 5.75. The molecular formula is C13H13Br2N3. The summed E-state index contributed by atoms with van der Waals surface area (Å²) in [5.74, 6) is 0. The van der Waals surface area contributed by atoms with Gasteiger partial charge >= 0.3 is 0 Å². The van der Waals surface area contributed by atoms with Gasteiger partial charge in [-0.1, -0.05) is 37.9 Å². The quantitative estimate of drug-likeness (QED) is 0.888. The number of hydrogen-bond donors (Lipinski definition) is 1. The van der Waals surface area contributed by atoms with E-state index in [0.29, 0.717) is 6.54 Å². The minimum atomic E-state index is 0.245. The van der Waals surface area contributed by atoms with E-state index in [4.69, 9.17) is 0 Å². The molecule has 0 bridgehead atoms. The van der Waals surface area contributed by atoms with E-state index in [1.807, 2.05) is 18.2 Å². The highest BCUT2D eigenvalue weighted by atomic mass is 79.9. The lowest BCUT2D eigenvalue weighted by Crippen LogP contribution is -2.19. The van der Waals surface area contributed by atoms with E-state index in [2.05, 4.69) is 66.4 Å². The van der Waals surface area contributed by atoms with Gasteiger partial charge in [-0.15, -0.1) is 0 Å². The predicted octanol–water partition coefficient (Wildman–Crippen LogP) is 3.85. The van der Waals surface area contributed by atoms with Gasteiger partial charge in [-0.25, -0.2) is 0 Å². The second-order valence-electron chi connectivity index (χ2n) is 3.98. The molecule has 1 aromatic heterocycles. The molecule has 3 nitrogen and oxygen atoms in total. The monoisotopic (exact) mass is 369 g/mol. The van der Waals surface area contributed by atoms with Crippen LogP contribution >= 0.6 is 31.9 Å². The predicted molar refractivity (Wildman–Crippen MR) is 79.1 cm³/mol. The van der Waals surface area contributed by atoms with Crippen molar-refractivity contribution in [2.45, 2.75) is 19.5 Å². The number of benzene rings is 1. The molecule has 1 N–H and O–H groups in total. The maximum absolute atomic E-state index is 4.05. The standard InChI is InChI=1S/C13H13Br2N3/c1-9(12-5-4-10(14)7-13(12)15)16-8-11-3-2-6-17-18-11/h2-7,9,16H,8H2,1H3. The van der Waals surface area contributed by atoms with Crippen molar-refractivity contribution in [2.24, 2.45) is 0 Å². The minimum Gasteiger partial charge on any atom is -0.304 e. The summed E-state index contributed by atoms with van der Waals surface area (Å²) in [7, 11) is 0. The van der Waals surface area contributed by atoms with Crippen LogP contribution in [0, 0.1) is 0 Å². The van der Waals surface area contributed by atoms with Crippen molar-refractivity contribution in [2.75, 3.05) is 0 Å². The summed E-state index contributed by atoms with van der Waals surface area (Å²) in [6, 6.07) is 10.3. The highest BCUT2D eigenvalue weighted by Gasteiger charge is 2.09. The van der Waals surface area contributed by atoms with E-state index in [1.165, 1.54) is 5.56 Å². The average molecular weight is 371 g/mol. The summed E-state index contributed by atoms with van der Waals surface area (Å²) >= 11 is 7.03. The Labute approximate surface area is 123 Å². The van der Waals surface area contributed by atoms with Crippen LogP contribution in [0.15, 0.2) is 45.5 Å². The molecule has 0 aliphatic rings. The summed E-state index contributed by atoms with van der Waals surface area (Å²) in [6.07, 6.45) is 1.68. The number of nitrogens with zero attached hydrogens (tertiary/aromatic N) is 2. The van der Waals surface area contributed by atoms with E-state index in [9.17, 15) is 0 Å². The largest absolute Gasteiger partial charge is 0.304 e. The Morgan fingerprint density at radius 1 is 1.28 bits per heavy atom. The van der Waals surface area contributed by atoms with Gasteiger partial charge in [0.25, 0.3) is 0 Å². The molecular weight excluding hydrogens is 358 g/mol. The lowest BCUT2D eigenvalue weighted by Gasteiger charge is -2.15. The summed E-state index contributed by atoms with van der Waals surface area (Å²) in [4.78, 5) is 0. The fraction of sp³-hybridized carbons (Fsp3) is 0.231. The minimum absolute atomic E-state index is 0.245. The number of rotatable bonds is 4. The highest BCUT2D eigenvalue weighted by Crippen LogP contribution is 2.26. The van der Waals surface area contributed by atoms with Gasteiger partial charge < -0.3 is 5.32 Å². The molecule has 2 rings (SSSR count). The first-order chi connectivity index (χ1) is 8.66. The van der Waals surface area contributed by atoms with E-state index in [0.717, 1.165) is 14.6 Å². The Morgan fingerprint density at radius 2 is 2.11 bits per heavy atom. The SMILES string of the molecule is CC(NCc1cccnn1)c1ccc(Br)cc1Br. The van der Waals surface area contributed by atoms with Gasteiger partial charge in [-0.2, -0.15) is 10.2 Å². The third-order valence-corrected chi connectivity index (χ3v) is 3.83. The van der Waals surface area contributed by atoms with Crippen LogP contribution in [0.3, 0.4) is 0 Å². The molecule has 0 saturated carbocycles. The molecule has 5 heteroatoms. The van der Waals surface area contributed by atoms with Crippen LogP contribution in [-0.4, -0.2) is 10.2 Å². The molecule has 0 amide bonds. The van der Waals surface area contributed by atoms with E-state index in [-0.39, 0.29) is 6.04 Å². The number of nitrogens with one attached hydrogen (secondary N) is 1. The normalized spacial score (nSPS) is 12.4. The second kappa shape index (κ2) is 6.41. The first kappa shape index (κ1) is 13.6. The van der Waals surface area contributed by atoms with Crippen molar-refractivity contribution in [1.82, 2.24) is 15.5 Å². The number of halogens is 2. The zero-order valence-corrected chi connectivity index (χ0v) is 13.1. The van der Waals surface area contributed by atoms with Gasteiger partial charge in [-0.05, 0) is 36.8 Å². The van der Waals surface area contributed by atoms with Gasteiger partial charge in [0.1, 0.15) is 0 Å². The van der Waals surface area contributed by atoms with Crippen LogP contribution in [0.4, 0.5) is 0 Å². The molecule has 1 aromatic carbocycles. The first-order valence-corrected chi connectivity index (χ1v) is 7.20. The Hall–Kier alpha value is -0.780. The van der Waals surface area contributed by atoms with Crippen LogP contribution in [0.2, 0.25) is 0 Å². The number of aromatic nitrogens is 2. The summed E-state index contributed by atoms with van der Waals surface area (Å²) in [6.45, 7) is 2.84. The topological polar surface area (TPSA) is 37.8 Å². The van der Waals surface area contributed by atoms with Gasteiger partial charge in [-0.3, -0.25) is 0 Å². The number of hydrogen-bond acceptors (Lipinski definition) is 3. The Kier molecular flexibility index (Phi) is 4.86. The molecule has 0 aliphatic heterocycles. The van der Waals surface area contributed by atoms with Crippen LogP contribution in [-0.2, 0) is 6.54 Å². The van der Waals surface area contributed by atoms with Crippen LogP contribution < -0.4 is 5.32 Å². The van der Waals surface area contributed by atoms with Crippen molar-refractivity contribution in [3.63, 3.8) is 0 Å². The Morgan fingerprint density at radius 3 is 2.78 bits per heavy atom. The van der Waals surface area contributed by atoms with Crippen molar-refractivity contribution in [3.05, 3.63) is 56.7 Å². The molecule has 0 radical (unpaired) electrons. The maximum Gasteiger partial charge on any atom is 0.0769 e.